The average molecular weight is 430 g/mol. The van der Waals surface area contributed by atoms with E-state index in [0.717, 1.165) is 9.87 Å². The molecule has 0 aliphatic rings. The second-order valence-corrected chi connectivity index (χ2v) is 8.70. The Bertz CT molecular complexity index is 1070. The molecule has 0 saturated carbocycles. The lowest BCUT2D eigenvalue weighted by atomic mass is 10.2. The van der Waals surface area contributed by atoms with Crippen molar-refractivity contribution in [1.29, 1.82) is 0 Å². The van der Waals surface area contributed by atoms with Crippen LogP contribution < -0.4 is 9.62 Å². The zero-order chi connectivity index (χ0) is 20.9. The van der Waals surface area contributed by atoms with Crippen LogP contribution in [-0.2, 0) is 21.4 Å². The molecule has 0 unspecified atom stereocenters. The van der Waals surface area contributed by atoms with E-state index in [9.17, 15) is 13.2 Å². The number of hydrogen-bond acceptors (Lipinski definition) is 4. The lowest BCUT2D eigenvalue weighted by molar-refractivity contribution is -0.119. The van der Waals surface area contributed by atoms with Gasteiger partial charge in [-0.3, -0.25) is 14.1 Å². The Hall–Kier alpha value is -2.90. The van der Waals surface area contributed by atoms with E-state index in [1.807, 2.05) is 13.0 Å². The molecule has 0 spiro atoms. The molecule has 0 fully saturated rings. The van der Waals surface area contributed by atoms with E-state index in [1.165, 1.54) is 24.3 Å². The van der Waals surface area contributed by atoms with Crippen molar-refractivity contribution < 1.29 is 13.2 Å². The van der Waals surface area contributed by atoms with Gasteiger partial charge in [-0.25, -0.2) is 8.42 Å². The van der Waals surface area contributed by atoms with Crippen molar-refractivity contribution in [3.8, 4) is 0 Å². The van der Waals surface area contributed by atoms with E-state index in [-0.39, 0.29) is 18.0 Å². The van der Waals surface area contributed by atoms with E-state index in [1.54, 1.807) is 42.6 Å². The average Bonchev–Trinajstić information content (AvgIpc) is 2.72. The van der Waals surface area contributed by atoms with Gasteiger partial charge in [-0.05, 0) is 55.5 Å². The second-order valence-electron chi connectivity index (χ2n) is 6.40. The number of pyridine rings is 1. The molecule has 2 aromatic carbocycles. The highest BCUT2D eigenvalue weighted by Gasteiger charge is 2.27. The van der Waals surface area contributed by atoms with Crippen LogP contribution in [0.1, 0.15) is 11.3 Å². The van der Waals surface area contributed by atoms with Crippen molar-refractivity contribution in [1.82, 2.24) is 10.3 Å². The number of nitrogens with zero attached hydrogens (tertiary/aromatic N) is 2. The fourth-order valence-electron chi connectivity index (χ4n) is 2.64. The number of amides is 1. The van der Waals surface area contributed by atoms with Crippen LogP contribution in [-0.4, -0.2) is 25.9 Å². The quantitative estimate of drug-likeness (QED) is 0.622. The Morgan fingerprint density at radius 3 is 2.34 bits per heavy atom. The van der Waals surface area contributed by atoms with Crippen molar-refractivity contribution in [2.24, 2.45) is 0 Å². The molecule has 1 amide bonds. The predicted octanol–water partition coefficient (Wildman–Crippen LogP) is 3.56. The van der Waals surface area contributed by atoms with Crippen LogP contribution in [0.4, 0.5) is 5.69 Å². The number of sulfonamides is 1. The summed E-state index contributed by atoms with van der Waals surface area (Å²) in [5.41, 5.74) is 2.07. The molecule has 150 valence electrons. The van der Waals surface area contributed by atoms with Crippen molar-refractivity contribution in [3.63, 3.8) is 0 Å². The molecule has 0 radical (unpaired) electrons. The van der Waals surface area contributed by atoms with Gasteiger partial charge in [0.15, 0.2) is 0 Å². The first-order valence-electron chi connectivity index (χ1n) is 8.88. The molecule has 1 aromatic heterocycles. The van der Waals surface area contributed by atoms with Gasteiger partial charge in [0.2, 0.25) is 5.91 Å². The van der Waals surface area contributed by atoms with Crippen LogP contribution in [0.5, 0.6) is 0 Å². The maximum Gasteiger partial charge on any atom is 0.264 e. The molecule has 0 aliphatic carbocycles. The van der Waals surface area contributed by atoms with Gasteiger partial charge in [-0.1, -0.05) is 35.4 Å². The number of anilines is 1. The third-order valence-electron chi connectivity index (χ3n) is 4.20. The number of hydrogen-bond donors (Lipinski definition) is 1. The summed E-state index contributed by atoms with van der Waals surface area (Å²) in [5, 5.41) is 3.14. The summed E-state index contributed by atoms with van der Waals surface area (Å²) in [5.74, 6) is -0.436. The van der Waals surface area contributed by atoms with E-state index < -0.39 is 15.9 Å². The standard InChI is InChI=1S/C21H20ClN3O3S/c1-16-5-9-19(10-6-16)25(29(27,28)20-11-7-17(22)8-12-20)15-21(26)24-14-18-4-2-3-13-23-18/h2-13H,14-15H2,1H3,(H,24,26). The van der Waals surface area contributed by atoms with E-state index >= 15 is 0 Å². The number of aromatic nitrogens is 1. The largest absolute Gasteiger partial charge is 0.349 e. The molecular weight excluding hydrogens is 410 g/mol. The molecule has 0 atom stereocenters. The number of halogens is 1. The van der Waals surface area contributed by atoms with Crippen LogP contribution >= 0.6 is 11.6 Å². The monoisotopic (exact) mass is 429 g/mol. The molecule has 29 heavy (non-hydrogen) atoms. The Kier molecular flexibility index (Phi) is 6.51. The van der Waals surface area contributed by atoms with Gasteiger partial charge in [0.05, 0.1) is 22.8 Å². The van der Waals surface area contributed by atoms with Crippen molar-refractivity contribution in [3.05, 3.63) is 89.2 Å². The number of carbonyl (C=O) groups excluding carboxylic acids is 1. The first-order chi connectivity index (χ1) is 13.9. The molecule has 0 bridgehead atoms. The zero-order valence-electron chi connectivity index (χ0n) is 15.7. The summed E-state index contributed by atoms with van der Waals surface area (Å²) in [6, 6.07) is 18.2. The molecule has 0 saturated heterocycles. The fraction of sp³-hybridized carbons (Fsp3) is 0.143. The third-order valence-corrected chi connectivity index (χ3v) is 6.24. The topological polar surface area (TPSA) is 79.4 Å². The summed E-state index contributed by atoms with van der Waals surface area (Å²) in [7, 11) is -3.96. The molecule has 1 heterocycles. The molecule has 3 rings (SSSR count). The highest BCUT2D eigenvalue weighted by Crippen LogP contribution is 2.25. The van der Waals surface area contributed by atoms with Gasteiger partial charge in [0.25, 0.3) is 10.0 Å². The third kappa shape index (κ3) is 5.34. The summed E-state index contributed by atoms with van der Waals surface area (Å²) in [4.78, 5) is 16.7. The fourth-order valence-corrected chi connectivity index (χ4v) is 4.19. The van der Waals surface area contributed by atoms with Gasteiger partial charge >= 0.3 is 0 Å². The Balaban J connectivity index is 1.86. The molecule has 6 nitrogen and oxygen atoms in total. The Labute approximate surface area is 175 Å². The number of nitrogens with one attached hydrogen (secondary N) is 1. The molecular formula is C21H20ClN3O3S. The maximum absolute atomic E-state index is 13.2. The first kappa shape index (κ1) is 20.8. The van der Waals surface area contributed by atoms with Gasteiger partial charge in [-0.2, -0.15) is 0 Å². The number of rotatable bonds is 7. The smallest absolute Gasteiger partial charge is 0.264 e. The molecule has 1 N–H and O–H groups in total. The summed E-state index contributed by atoms with van der Waals surface area (Å²) in [6.45, 7) is 1.75. The van der Waals surface area contributed by atoms with Gasteiger partial charge in [-0.15, -0.1) is 0 Å². The summed E-state index contributed by atoms with van der Waals surface area (Å²) >= 11 is 5.88. The van der Waals surface area contributed by atoms with E-state index in [2.05, 4.69) is 10.3 Å². The van der Waals surface area contributed by atoms with Crippen LogP contribution in [0.25, 0.3) is 0 Å². The van der Waals surface area contributed by atoms with Crippen LogP contribution in [0.2, 0.25) is 5.02 Å². The molecule has 0 aliphatic heterocycles. The minimum absolute atomic E-state index is 0.0556. The van der Waals surface area contributed by atoms with Crippen molar-refractivity contribution >= 4 is 33.2 Å². The minimum Gasteiger partial charge on any atom is -0.349 e. The van der Waals surface area contributed by atoms with Gasteiger partial charge in [0.1, 0.15) is 6.54 Å². The Morgan fingerprint density at radius 2 is 1.72 bits per heavy atom. The van der Waals surface area contributed by atoms with E-state index in [4.69, 9.17) is 11.6 Å². The number of carbonyl (C=O) groups is 1. The van der Waals surface area contributed by atoms with Crippen LogP contribution in [0, 0.1) is 6.92 Å². The zero-order valence-corrected chi connectivity index (χ0v) is 17.3. The van der Waals surface area contributed by atoms with Crippen molar-refractivity contribution in [2.75, 3.05) is 10.8 Å². The molecule has 3 aromatic rings. The normalized spacial score (nSPS) is 11.1. The number of benzene rings is 2. The second kappa shape index (κ2) is 9.07. The lowest BCUT2D eigenvalue weighted by Crippen LogP contribution is -2.40. The summed E-state index contributed by atoms with van der Waals surface area (Å²) in [6.07, 6.45) is 1.63. The maximum atomic E-state index is 13.2. The Morgan fingerprint density at radius 1 is 1.03 bits per heavy atom. The highest BCUT2D eigenvalue weighted by molar-refractivity contribution is 7.92. The predicted molar refractivity (Wildman–Crippen MR) is 113 cm³/mol. The van der Waals surface area contributed by atoms with Gasteiger partial charge < -0.3 is 5.32 Å². The lowest BCUT2D eigenvalue weighted by Gasteiger charge is -2.24. The minimum atomic E-state index is -3.96. The summed E-state index contributed by atoms with van der Waals surface area (Å²) < 4.78 is 27.5. The van der Waals surface area contributed by atoms with Crippen LogP contribution in [0.3, 0.4) is 0 Å². The highest BCUT2D eigenvalue weighted by atomic mass is 35.5. The SMILES string of the molecule is Cc1ccc(N(CC(=O)NCc2ccccn2)S(=O)(=O)c2ccc(Cl)cc2)cc1. The first-order valence-corrected chi connectivity index (χ1v) is 10.7. The van der Waals surface area contributed by atoms with E-state index in [0.29, 0.717) is 16.4 Å². The van der Waals surface area contributed by atoms with Gasteiger partial charge in [0, 0.05) is 11.2 Å². The van der Waals surface area contributed by atoms with Crippen molar-refractivity contribution in [2.45, 2.75) is 18.4 Å². The van der Waals surface area contributed by atoms with Crippen LogP contribution in [0.15, 0.2) is 77.8 Å². The number of aryl methyl sites for hydroxylation is 1. The molecule has 8 heteroatoms.